The highest BCUT2D eigenvalue weighted by molar-refractivity contribution is 6.62. The van der Waals surface area contributed by atoms with Crippen LogP contribution in [0.3, 0.4) is 0 Å². The van der Waals surface area contributed by atoms with Crippen molar-refractivity contribution in [3.05, 3.63) is 47.2 Å². The molecule has 1 aromatic heterocycles. The van der Waals surface area contributed by atoms with Gasteiger partial charge < -0.3 is 20.0 Å². The molecule has 0 amide bonds. The highest BCUT2D eigenvalue weighted by atomic mass is 16.7. The number of aryl methyl sites for hydroxylation is 2. The van der Waals surface area contributed by atoms with Crippen molar-refractivity contribution in [1.29, 1.82) is 5.41 Å². The summed E-state index contributed by atoms with van der Waals surface area (Å²) in [6.45, 7) is 12.2. The highest BCUT2D eigenvalue weighted by Crippen LogP contribution is 2.37. The van der Waals surface area contributed by atoms with E-state index >= 15 is 0 Å². The Balaban J connectivity index is 1.99. The van der Waals surface area contributed by atoms with Crippen molar-refractivity contribution in [2.75, 3.05) is 5.32 Å². The molecule has 6 heteroatoms. The Morgan fingerprint density at radius 2 is 1.73 bits per heavy atom. The Morgan fingerprint density at radius 3 is 2.31 bits per heavy atom. The standard InChI is InChI=1S/C20H26BN3O2/c1-13-10-15(12-22)17(24-18-9-7-8-14(2)23-18)11-16(13)21-25-19(3,4)20(5,6)26-21/h7-12,22H,1-6H3,(H,23,24). The normalized spacial score (nSPS) is 18.0. The lowest BCUT2D eigenvalue weighted by Crippen LogP contribution is -2.41. The van der Waals surface area contributed by atoms with Gasteiger partial charge in [-0.05, 0) is 71.3 Å². The molecule has 2 aromatic rings. The molecule has 1 saturated heterocycles. The van der Waals surface area contributed by atoms with Crippen LogP contribution in [0.4, 0.5) is 11.5 Å². The summed E-state index contributed by atoms with van der Waals surface area (Å²) in [6.07, 6.45) is 1.35. The van der Waals surface area contributed by atoms with E-state index in [9.17, 15) is 0 Å². The fraction of sp³-hybridized carbons (Fsp3) is 0.400. The van der Waals surface area contributed by atoms with Gasteiger partial charge in [-0.3, -0.25) is 0 Å². The van der Waals surface area contributed by atoms with Crippen LogP contribution in [0.1, 0.15) is 44.5 Å². The molecule has 2 N–H and O–H groups in total. The zero-order valence-corrected chi connectivity index (χ0v) is 16.3. The van der Waals surface area contributed by atoms with E-state index in [4.69, 9.17) is 14.7 Å². The van der Waals surface area contributed by atoms with Crippen molar-refractivity contribution in [3.8, 4) is 0 Å². The number of hydrogen-bond acceptors (Lipinski definition) is 5. The van der Waals surface area contributed by atoms with Crippen molar-refractivity contribution in [1.82, 2.24) is 4.98 Å². The van der Waals surface area contributed by atoms with Gasteiger partial charge in [0, 0.05) is 23.2 Å². The Bertz CT molecular complexity index is 833. The smallest absolute Gasteiger partial charge is 0.399 e. The minimum atomic E-state index is -0.439. The molecular formula is C20H26BN3O2. The maximum Gasteiger partial charge on any atom is 0.495 e. The van der Waals surface area contributed by atoms with Gasteiger partial charge >= 0.3 is 7.12 Å². The van der Waals surface area contributed by atoms with E-state index < -0.39 is 18.3 Å². The maximum atomic E-state index is 7.75. The van der Waals surface area contributed by atoms with Crippen LogP contribution in [-0.2, 0) is 9.31 Å². The fourth-order valence-electron chi connectivity index (χ4n) is 2.95. The lowest BCUT2D eigenvalue weighted by atomic mass is 9.75. The first-order chi connectivity index (χ1) is 12.1. The van der Waals surface area contributed by atoms with E-state index in [2.05, 4.69) is 10.3 Å². The summed E-state index contributed by atoms with van der Waals surface area (Å²) >= 11 is 0. The second-order valence-electron chi connectivity index (χ2n) is 7.82. The first-order valence-electron chi connectivity index (χ1n) is 8.84. The average Bonchev–Trinajstić information content (AvgIpc) is 2.76. The molecule has 5 nitrogen and oxygen atoms in total. The summed E-state index contributed by atoms with van der Waals surface area (Å²) in [4.78, 5) is 4.49. The van der Waals surface area contributed by atoms with Gasteiger partial charge in [0.1, 0.15) is 5.82 Å². The van der Waals surface area contributed by atoms with Crippen LogP contribution in [0.25, 0.3) is 0 Å². The molecule has 2 heterocycles. The molecule has 0 bridgehead atoms. The minimum Gasteiger partial charge on any atom is -0.399 e. The molecule has 1 aromatic carbocycles. The monoisotopic (exact) mass is 351 g/mol. The molecule has 1 fully saturated rings. The molecule has 0 radical (unpaired) electrons. The highest BCUT2D eigenvalue weighted by Gasteiger charge is 2.52. The van der Waals surface area contributed by atoms with E-state index in [1.54, 1.807) is 0 Å². The van der Waals surface area contributed by atoms with Crippen LogP contribution in [0.2, 0.25) is 0 Å². The molecule has 3 rings (SSSR count). The number of rotatable bonds is 4. The van der Waals surface area contributed by atoms with Gasteiger partial charge in [0.05, 0.1) is 11.2 Å². The second-order valence-corrected chi connectivity index (χ2v) is 7.82. The number of aromatic nitrogens is 1. The summed E-state index contributed by atoms with van der Waals surface area (Å²) in [5.74, 6) is 0.747. The zero-order valence-electron chi connectivity index (χ0n) is 16.3. The number of nitrogens with zero attached hydrogens (tertiary/aromatic N) is 1. The van der Waals surface area contributed by atoms with Gasteiger partial charge in [-0.2, -0.15) is 0 Å². The molecule has 0 unspecified atom stereocenters. The Hall–Kier alpha value is -2.18. The summed E-state index contributed by atoms with van der Waals surface area (Å²) in [5, 5.41) is 11.1. The lowest BCUT2D eigenvalue weighted by Gasteiger charge is -2.32. The molecule has 0 saturated carbocycles. The largest absolute Gasteiger partial charge is 0.495 e. The third-order valence-electron chi connectivity index (χ3n) is 5.25. The number of nitrogens with one attached hydrogen (secondary N) is 2. The SMILES string of the molecule is Cc1cccc(Nc2cc(B3OC(C)(C)C(C)(C)O3)c(C)cc2C=N)n1. The number of hydrogen-bond donors (Lipinski definition) is 2. The molecule has 136 valence electrons. The van der Waals surface area contributed by atoms with Crippen molar-refractivity contribution in [2.24, 2.45) is 0 Å². The summed E-state index contributed by atoms with van der Waals surface area (Å²) < 4.78 is 12.4. The molecule has 1 aliphatic rings. The molecule has 0 aliphatic carbocycles. The van der Waals surface area contributed by atoms with E-state index in [1.807, 2.05) is 71.9 Å². The Morgan fingerprint density at radius 1 is 1.08 bits per heavy atom. The van der Waals surface area contributed by atoms with Crippen molar-refractivity contribution in [2.45, 2.75) is 52.7 Å². The van der Waals surface area contributed by atoms with Crippen LogP contribution in [-0.4, -0.2) is 29.5 Å². The summed E-state index contributed by atoms with van der Waals surface area (Å²) in [5.41, 5.74) is 3.75. The second kappa shape index (κ2) is 6.52. The van der Waals surface area contributed by atoms with E-state index in [-0.39, 0.29) is 0 Å². The quantitative estimate of drug-likeness (QED) is 0.651. The van der Waals surface area contributed by atoms with Crippen molar-refractivity contribution >= 4 is 30.3 Å². The predicted molar refractivity (Wildman–Crippen MR) is 107 cm³/mol. The topological polar surface area (TPSA) is 67.2 Å². The third-order valence-corrected chi connectivity index (χ3v) is 5.25. The lowest BCUT2D eigenvalue weighted by molar-refractivity contribution is 0.00578. The van der Waals surface area contributed by atoms with Crippen molar-refractivity contribution in [3.63, 3.8) is 0 Å². The van der Waals surface area contributed by atoms with Gasteiger partial charge in [0.25, 0.3) is 0 Å². The van der Waals surface area contributed by atoms with Gasteiger partial charge in [-0.1, -0.05) is 11.6 Å². The average molecular weight is 351 g/mol. The van der Waals surface area contributed by atoms with Crippen LogP contribution in [0, 0.1) is 19.3 Å². The Kier molecular flexibility index (Phi) is 4.67. The molecule has 0 atom stereocenters. The fourth-order valence-corrected chi connectivity index (χ4v) is 2.95. The summed E-state index contributed by atoms with van der Waals surface area (Å²) in [7, 11) is -0.439. The van der Waals surface area contributed by atoms with Crippen LogP contribution < -0.4 is 10.8 Å². The van der Waals surface area contributed by atoms with Gasteiger partial charge in [-0.25, -0.2) is 4.98 Å². The minimum absolute atomic E-state index is 0.393. The molecule has 26 heavy (non-hydrogen) atoms. The predicted octanol–water partition coefficient (Wildman–Crippen LogP) is 3.74. The number of benzene rings is 1. The van der Waals surface area contributed by atoms with Gasteiger partial charge in [0.2, 0.25) is 0 Å². The van der Waals surface area contributed by atoms with Gasteiger partial charge in [0.15, 0.2) is 0 Å². The van der Waals surface area contributed by atoms with Crippen LogP contribution >= 0.6 is 0 Å². The van der Waals surface area contributed by atoms with E-state index in [0.717, 1.165) is 33.8 Å². The Labute approximate surface area is 155 Å². The molecular weight excluding hydrogens is 325 g/mol. The number of anilines is 2. The number of pyridine rings is 1. The van der Waals surface area contributed by atoms with Gasteiger partial charge in [-0.15, -0.1) is 0 Å². The van der Waals surface area contributed by atoms with Crippen LogP contribution in [0.15, 0.2) is 30.3 Å². The van der Waals surface area contributed by atoms with Crippen molar-refractivity contribution < 1.29 is 9.31 Å². The summed E-state index contributed by atoms with van der Waals surface area (Å²) in [6, 6.07) is 9.80. The van der Waals surface area contributed by atoms with E-state index in [1.165, 1.54) is 6.21 Å². The first kappa shape index (κ1) is 18.6. The maximum absolute atomic E-state index is 7.75. The zero-order chi connectivity index (χ0) is 19.1. The molecule has 0 spiro atoms. The first-order valence-corrected chi connectivity index (χ1v) is 8.84. The van der Waals surface area contributed by atoms with E-state index in [0.29, 0.717) is 0 Å². The van der Waals surface area contributed by atoms with Crippen LogP contribution in [0.5, 0.6) is 0 Å². The third kappa shape index (κ3) is 3.39. The molecule has 1 aliphatic heterocycles.